The maximum atomic E-state index is 13.9. The van der Waals surface area contributed by atoms with E-state index in [0.29, 0.717) is 5.56 Å². The SMILES string of the molecule is CC(=O)N1CCN2C[C@H]1C(=O)NC[C@H]1O[C@@H](CC(=O)N[C@H]3C[C@@H](C2=O)N(Cc2ccc(OC(F)(F)F)cc2)C3)[C@H](O)[C@@H]1O. The molecule has 16 heteroatoms. The average Bonchev–Trinajstić information content (AvgIpc) is 3.45. The largest absolute Gasteiger partial charge is 0.573 e. The summed E-state index contributed by atoms with van der Waals surface area (Å²) in [7, 11) is 0. The molecule has 0 saturated carbocycles. The highest BCUT2D eigenvalue weighted by molar-refractivity contribution is 5.89. The lowest BCUT2D eigenvalue weighted by Gasteiger charge is -2.41. The Labute approximate surface area is 244 Å². The van der Waals surface area contributed by atoms with Gasteiger partial charge in [-0.1, -0.05) is 12.1 Å². The first-order valence-corrected chi connectivity index (χ1v) is 14.0. The minimum atomic E-state index is -4.83. The van der Waals surface area contributed by atoms with Gasteiger partial charge in [0.15, 0.2) is 0 Å². The quantitative estimate of drug-likeness (QED) is 0.325. The summed E-state index contributed by atoms with van der Waals surface area (Å²) >= 11 is 0. The van der Waals surface area contributed by atoms with E-state index in [1.807, 2.05) is 0 Å². The smallest absolute Gasteiger partial charge is 0.406 e. The molecule has 5 rings (SSSR count). The zero-order valence-corrected chi connectivity index (χ0v) is 23.3. The molecule has 1 aromatic carbocycles. The number of hydrogen-bond donors (Lipinski definition) is 4. The second-order valence-electron chi connectivity index (χ2n) is 11.3. The van der Waals surface area contributed by atoms with Crippen LogP contribution >= 0.6 is 0 Å². The number of carbonyl (C=O) groups excluding carboxylic acids is 4. The minimum Gasteiger partial charge on any atom is -0.406 e. The van der Waals surface area contributed by atoms with Gasteiger partial charge in [0.05, 0.1) is 25.1 Å². The lowest BCUT2D eigenvalue weighted by molar-refractivity contribution is -0.274. The van der Waals surface area contributed by atoms with Crippen molar-refractivity contribution in [3.05, 3.63) is 29.8 Å². The number of benzene rings is 1. The van der Waals surface area contributed by atoms with Gasteiger partial charge in [-0.2, -0.15) is 0 Å². The number of nitrogens with zero attached hydrogens (tertiary/aromatic N) is 3. The molecule has 6 bridgehead atoms. The molecule has 0 unspecified atom stereocenters. The van der Waals surface area contributed by atoms with Gasteiger partial charge in [-0.25, -0.2) is 0 Å². The lowest BCUT2D eigenvalue weighted by Crippen LogP contribution is -2.63. The Morgan fingerprint density at radius 3 is 2.42 bits per heavy atom. The van der Waals surface area contributed by atoms with Crippen molar-refractivity contribution in [2.45, 2.75) is 75.2 Å². The topological polar surface area (TPSA) is 161 Å². The summed E-state index contributed by atoms with van der Waals surface area (Å²) in [6.45, 7) is 1.74. The van der Waals surface area contributed by atoms with E-state index in [-0.39, 0.29) is 69.7 Å². The summed E-state index contributed by atoms with van der Waals surface area (Å²) in [4.78, 5) is 57.1. The summed E-state index contributed by atoms with van der Waals surface area (Å²) in [5, 5.41) is 26.5. The fourth-order valence-corrected chi connectivity index (χ4v) is 6.22. The number of rotatable bonds is 3. The average molecular weight is 614 g/mol. The highest BCUT2D eigenvalue weighted by atomic mass is 19.4. The first-order valence-electron chi connectivity index (χ1n) is 14.0. The summed E-state index contributed by atoms with van der Waals surface area (Å²) in [6.07, 6.45) is -9.65. The summed E-state index contributed by atoms with van der Waals surface area (Å²) in [5.74, 6) is -2.07. The number of likely N-dealkylation sites (tertiary alicyclic amines) is 1. The Hall–Kier alpha value is -3.47. The molecule has 4 aliphatic rings. The van der Waals surface area contributed by atoms with Crippen LogP contribution in [0.4, 0.5) is 13.2 Å². The van der Waals surface area contributed by atoms with Crippen molar-refractivity contribution in [2.24, 2.45) is 0 Å². The van der Waals surface area contributed by atoms with Crippen LogP contribution in [0.1, 0.15) is 25.3 Å². The van der Waals surface area contributed by atoms with Gasteiger partial charge in [0.25, 0.3) is 0 Å². The van der Waals surface area contributed by atoms with Crippen LogP contribution in [0.25, 0.3) is 0 Å². The van der Waals surface area contributed by atoms with Gasteiger partial charge in [0, 0.05) is 45.7 Å². The molecule has 0 aromatic heterocycles. The lowest BCUT2D eigenvalue weighted by atomic mass is 10.0. The number of alkyl halides is 3. The Morgan fingerprint density at radius 2 is 1.74 bits per heavy atom. The number of halogens is 3. The van der Waals surface area contributed by atoms with Crippen molar-refractivity contribution in [3.8, 4) is 5.75 Å². The van der Waals surface area contributed by atoms with Crippen LogP contribution in [0.2, 0.25) is 0 Å². The second-order valence-corrected chi connectivity index (χ2v) is 11.3. The van der Waals surface area contributed by atoms with Gasteiger partial charge < -0.3 is 40.1 Å². The van der Waals surface area contributed by atoms with Crippen LogP contribution in [0.5, 0.6) is 5.75 Å². The molecule has 0 aliphatic carbocycles. The maximum Gasteiger partial charge on any atom is 0.573 e. The van der Waals surface area contributed by atoms with Crippen LogP contribution < -0.4 is 15.4 Å². The van der Waals surface area contributed by atoms with Crippen LogP contribution in [0, 0.1) is 0 Å². The van der Waals surface area contributed by atoms with Gasteiger partial charge in [-0.3, -0.25) is 24.1 Å². The zero-order valence-electron chi connectivity index (χ0n) is 23.3. The van der Waals surface area contributed by atoms with Gasteiger partial charge >= 0.3 is 6.36 Å². The number of carbonyl (C=O) groups is 4. The van der Waals surface area contributed by atoms with E-state index in [4.69, 9.17) is 4.74 Å². The maximum absolute atomic E-state index is 13.9. The molecule has 4 amide bonds. The fourth-order valence-electron chi connectivity index (χ4n) is 6.22. The van der Waals surface area contributed by atoms with E-state index in [1.165, 1.54) is 41.0 Å². The van der Waals surface area contributed by atoms with Crippen molar-refractivity contribution in [2.75, 3.05) is 32.7 Å². The molecule has 7 atom stereocenters. The van der Waals surface area contributed by atoms with E-state index in [0.717, 1.165) is 0 Å². The number of aliphatic hydroxyl groups excluding tert-OH is 2. The molecule has 4 aliphatic heterocycles. The number of fused-ring (bicyclic) bond motifs is 6. The molecule has 13 nitrogen and oxygen atoms in total. The number of ether oxygens (including phenoxy) is 2. The standard InChI is InChI=1S/C27H34F3N5O8/c1-14(36)35-7-6-33-13-19(35)25(40)31-10-21-24(39)23(38)20(42-21)9-22(37)32-16-8-18(26(33)41)34(12-16)11-15-2-4-17(5-3-15)43-27(28,29)30/h2-5,16,18-21,23-24,38-39H,6-13H2,1H3,(H,31,40)(H,32,37)/t16-,18-,19-,20-,21+,23-,24+/m0/s1. The molecule has 4 saturated heterocycles. The third-order valence-electron chi connectivity index (χ3n) is 8.32. The van der Waals surface area contributed by atoms with Crippen LogP contribution in [0.15, 0.2) is 24.3 Å². The van der Waals surface area contributed by atoms with Crippen molar-refractivity contribution in [3.63, 3.8) is 0 Å². The summed E-state index contributed by atoms with van der Waals surface area (Å²) in [5.41, 5.74) is 0.603. The van der Waals surface area contributed by atoms with Gasteiger partial charge in [-0.05, 0) is 24.1 Å². The van der Waals surface area contributed by atoms with E-state index in [2.05, 4.69) is 15.4 Å². The van der Waals surface area contributed by atoms with E-state index in [1.54, 1.807) is 4.90 Å². The Balaban J connectivity index is 1.40. The Bertz CT molecular complexity index is 1230. The first-order chi connectivity index (χ1) is 20.3. The number of hydrogen-bond acceptors (Lipinski definition) is 9. The van der Waals surface area contributed by atoms with Crippen LogP contribution in [-0.4, -0.2) is 130 Å². The molecule has 0 radical (unpaired) electrons. The Kier molecular flexibility index (Phi) is 8.83. The highest BCUT2D eigenvalue weighted by Crippen LogP contribution is 2.28. The van der Waals surface area contributed by atoms with E-state index in [9.17, 15) is 42.6 Å². The number of amides is 4. The van der Waals surface area contributed by atoms with Crippen molar-refractivity contribution in [1.82, 2.24) is 25.3 Å². The molecule has 4 N–H and O–H groups in total. The summed E-state index contributed by atoms with van der Waals surface area (Å²) in [6, 6.07) is 3.03. The summed E-state index contributed by atoms with van der Waals surface area (Å²) < 4.78 is 47.4. The van der Waals surface area contributed by atoms with Crippen molar-refractivity contribution in [1.29, 1.82) is 0 Å². The van der Waals surface area contributed by atoms with Crippen LogP contribution in [-0.2, 0) is 30.5 Å². The predicted octanol–water partition coefficient (Wildman–Crippen LogP) is -1.29. The molecular formula is C27H34F3N5O8. The molecule has 4 fully saturated rings. The predicted molar refractivity (Wildman–Crippen MR) is 140 cm³/mol. The van der Waals surface area contributed by atoms with Gasteiger partial charge in [0.2, 0.25) is 23.6 Å². The monoisotopic (exact) mass is 613 g/mol. The molecule has 0 spiro atoms. The zero-order chi connectivity index (χ0) is 31.1. The number of aliphatic hydroxyl groups is 2. The fraction of sp³-hybridized carbons (Fsp3) is 0.630. The number of piperazine rings is 1. The number of nitrogens with one attached hydrogen (secondary N) is 2. The van der Waals surface area contributed by atoms with Crippen molar-refractivity contribution < 1.29 is 52.0 Å². The first kappa shape index (κ1) is 31.0. The molecule has 4 heterocycles. The van der Waals surface area contributed by atoms with Crippen LogP contribution in [0.3, 0.4) is 0 Å². The minimum absolute atomic E-state index is 0.0889. The Morgan fingerprint density at radius 1 is 1.05 bits per heavy atom. The molecular weight excluding hydrogens is 579 g/mol. The normalized spacial score (nSPS) is 32.4. The van der Waals surface area contributed by atoms with Gasteiger partial charge in [0.1, 0.15) is 30.1 Å². The second kappa shape index (κ2) is 12.3. The highest BCUT2D eigenvalue weighted by Gasteiger charge is 2.46. The van der Waals surface area contributed by atoms with E-state index < -0.39 is 60.7 Å². The third kappa shape index (κ3) is 7.03. The molecule has 43 heavy (non-hydrogen) atoms. The molecule has 1 aromatic rings. The third-order valence-corrected chi connectivity index (χ3v) is 8.32. The van der Waals surface area contributed by atoms with E-state index >= 15 is 0 Å². The molecule has 236 valence electrons. The van der Waals surface area contributed by atoms with Crippen molar-refractivity contribution >= 4 is 23.6 Å². The van der Waals surface area contributed by atoms with Gasteiger partial charge in [-0.15, -0.1) is 13.2 Å².